The molecule has 172 valence electrons. The Kier molecular flexibility index (Phi) is 7.13. The molecule has 0 radical (unpaired) electrons. The minimum absolute atomic E-state index is 0.0706. The summed E-state index contributed by atoms with van der Waals surface area (Å²) in [6.45, 7) is 1.42. The number of carbonyl (C=O) groups excluding carboxylic acids is 1. The molecule has 1 aromatic heterocycles. The Bertz CT molecular complexity index is 1110. The average molecular weight is 472 g/mol. The number of hydrogen-bond acceptors (Lipinski definition) is 8. The van der Waals surface area contributed by atoms with Gasteiger partial charge >= 0.3 is 5.97 Å². The van der Waals surface area contributed by atoms with E-state index in [9.17, 15) is 19.3 Å². The van der Waals surface area contributed by atoms with Gasteiger partial charge in [0.25, 0.3) is 5.69 Å². The summed E-state index contributed by atoms with van der Waals surface area (Å²) >= 11 is 1.40. The van der Waals surface area contributed by atoms with E-state index in [2.05, 4.69) is 4.98 Å². The number of rotatable bonds is 8. The van der Waals surface area contributed by atoms with Gasteiger partial charge in [0.1, 0.15) is 35.5 Å². The zero-order valence-electron chi connectivity index (χ0n) is 17.7. The molecule has 0 amide bonds. The summed E-state index contributed by atoms with van der Waals surface area (Å²) in [5.74, 6) is -0.308. The molecule has 0 atom stereocenters. The fourth-order valence-corrected chi connectivity index (χ4v) is 4.35. The molecule has 1 aliphatic rings. The zero-order chi connectivity index (χ0) is 23.2. The number of aromatic nitrogens is 1. The highest BCUT2D eigenvalue weighted by Crippen LogP contribution is 2.31. The highest BCUT2D eigenvalue weighted by Gasteiger charge is 2.29. The Hall–Kier alpha value is -3.53. The first-order chi connectivity index (χ1) is 16.0. The Morgan fingerprint density at radius 3 is 2.61 bits per heavy atom. The second-order valence-electron chi connectivity index (χ2n) is 7.59. The number of anilines is 1. The minimum Gasteiger partial charge on any atom is -0.486 e. The van der Waals surface area contributed by atoms with Crippen LogP contribution >= 0.6 is 11.3 Å². The van der Waals surface area contributed by atoms with Crippen LogP contribution in [0.25, 0.3) is 0 Å². The summed E-state index contributed by atoms with van der Waals surface area (Å²) in [4.78, 5) is 29.7. The maximum Gasteiger partial charge on any atom is 0.309 e. The van der Waals surface area contributed by atoms with Crippen molar-refractivity contribution in [3.8, 4) is 5.75 Å². The predicted molar refractivity (Wildman–Crippen MR) is 121 cm³/mol. The van der Waals surface area contributed by atoms with Crippen LogP contribution in [-0.2, 0) is 22.7 Å². The van der Waals surface area contributed by atoms with Gasteiger partial charge in [-0.15, -0.1) is 11.3 Å². The van der Waals surface area contributed by atoms with E-state index in [-0.39, 0.29) is 41.5 Å². The number of nitrogens with zero attached hydrogens (tertiary/aromatic N) is 3. The quantitative estimate of drug-likeness (QED) is 0.266. The number of carbonyl (C=O) groups is 1. The number of esters is 1. The lowest BCUT2D eigenvalue weighted by Gasteiger charge is -2.32. The first kappa shape index (κ1) is 22.7. The van der Waals surface area contributed by atoms with Crippen LogP contribution in [0.3, 0.4) is 0 Å². The lowest BCUT2D eigenvalue weighted by molar-refractivity contribution is -0.384. The van der Waals surface area contributed by atoms with E-state index in [4.69, 9.17) is 9.47 Å². The number of piperidine rings is 1. The standard InChI is InChI=1S/C23H22FN3O5S/c24-17-5-7-19(8-6-17)31-14-22-25-18(15-33-22)13-32-23(28)16-9-11-26(12-10-16)20-3-1-2-4-21(20)27(29)30/h1-8,15-16H,9-14H2. The number of ether oxygens (including phenoxy) is 2. The monoisotopic (exact) mass is 471 g/mol. The van der Waals surface area contributed by atoms with Crippen molar-refractivity contribution in [3.63, 3.8) is 0 Å². The van der Waals surface area contributed by atoms with Crippen LogP contribution in [0.1, 0.15) is 23.5 Å². The molecule has 4 rings (SSSR count). The van der Waals surface area contributed by atoms with Crippen molar-refractivity contribution in [2.45, 2.75) is 26.1 Å². The average Bonchev–Trinajstić information content (AvgIpc) is 3.30. The van der Waals surface area contributed by atoms with Gasteiger partial charge in [0.2, 0.25) is 0 Å². The fourth-order valence-electron chi connectivity index (χ4n) is 3.66. The summed E-state index contributed by atoms with van der Waals surface area (Å²) in [5, 5.41) is 13.8. The van der Waals surface area contributed by atoms with Gasteiger partial charge in [0.05, 0.1) is 16.5 Å². The van der Waals surface area contributed by atoms with Crippen LogP contribution in [-0.4, -0.2) is 29.0 Å². The topological polar surface area (TPSA) is 94.8 Å². The molecular weight excluding hydrogens is 449 g/mol. The number of nitro benzene ring substituents is 1. The number of halogens is 1. The smallest absolute Gasteiger partial charge is 0.309 e. The molecule has 1 saturated heterocycles. The van der Waals surface area contributed by atoms with Crippen LogP contribution in [0.5, 0.6) is 5.75 Å². The van der Waals surface area contributed by atoms with Crippen LogP contribution in [0.15, 0.2) is 53.9 Å². The first-order valence-electron chi connectivity index (χ1n) is 10.5. The molecule has 2 aromatic carbocycles. The third-order valence-corrected chi connectivity index (χ3v) is 6.26. The van der Waals surface area contributed by atoms with E-state index in [1.807, 2.05) is 10.3 Å². The molecule has 0 aliphatic carbocycles. The van der Waals surface area contributed by atoms with Crippen molar-refractivity contribution >= 4 is 28.7 Å². The van der Waals surface area contributed by atoms with Gasteiger partial charge in [-0.3, -0.25) is 14.9 Å². The van der Waals surface area contributed by atoms with Gasteiger partial charge in [0.15, 0.2) is 0 Å². The largest absolute Gasteiger partial charge is 0.486 e. The second kappa shape index (κ2) is 10.4. The van der Waals surface area contributed by atoms with Crippen LogP contribution in [0.2, 0.25) is 0 Å². The van der Waals surface area contributed by atoms with Crippen molar-refractivity contribution in [1.82, 2.24) is 4.98 Å². The fraction of sp³-hybridized carbons (Fsp3) is 0.304. The summed E-state index contributed by atoms with van der Waals surface area (Å²) in [6.07, 6.45) is 1.14. The maximum atomic E-state index is 12.9. The van der Waals surface area contributed by atoms with Crippen LogP contribution < -0.4 is 9.64 Å². The Labute approximate surface area is 193 Å². The Morgan fingerprint density at radius 1 is 1.15 bits per heavy atom. The van der Waals surface area contributed by atoms with E-state index in [1.54, 1.807) is 30.3 Å². The third kappa shape index (κ3) is 5.83. The van der Waals surface area contributed by atoms with Gasteiger partial charge in [-0.2, -0.15) is 0 Å². The molecule has 0 unspecified atom stereocenters. The van der Waals surface area contributed by atoms with E-state index < -0.39 is 0 Å². The predicted octanol–water partition coefficient (Wildman–Crippen LogP) is 4.73. The van der Waals surface area contributed by atoms with Gasteiger partial charge < -0.3 is 14.4 Å². The summed E-state index contributed by atoms with van der Waals surface area (Å²) in [6, 6.07) is 12.4. The van der Waals surface area contributed by atoms with Crippen molar-refractivity contribution in [2.24, 2.45) is 5.92 Å². The third-order valence-electron chi connectivity index (χ3n) is 5.38. The molecule has 2 heterocycles. The molecule has 1 aliphatic heterocycles. The number of hydrogen-bond donors (Lipinski definition) is 0. The van der Waals surface area contributed by atoms with E-state index in [0.717, 1.165) is 5.01 Å². The van der Waals surface area contributed by atoms with Gasteiger partial charge in [0, 0.05) is 24.5 Å². The van der Waals surface area contributed by atoms with Crippen LogP contribution in [0, 0.1) is 21.8 Å². The van der Waals surface area contributed by atoms with E-state index in [0.29, 0.717) is 43.1 Å². The maximum absolute atomic E-state index is 12.9. The SMILES string of the molecule is O=C(OCc1csc(COc2ccc(F)cc2)n1)C1CCN(c2ccccc2[N+](=O)[O-])CC1. The van der Waals surface area contributed by atoms with Gasteiger partial charge in [-0.25, -0.2) is 9.37 Å². The Balaban J connectivity index is 1.23. The molecular formula is C23H22FN3O5S. The van der Waals surface area contributed by atoms with Crippen LogP contribution in [0.4, 0.5) is 15.8 Å². The highest BCUT2D eigenvalue weighted by atomic mass is 32.1. The second-order valence-corrected chi connectivity index (χ2v) is 8.53. The molecule has 3 aromatic rings. The zero-order valence-corrected chi connectivity index (χ0v) is 18.5. The van der Waals surface area contributed by atoms with Crippen molar-refractivity contribution in [2.75, 3.05) is 18.0 Å². The number of para-hydroxylation sites is 2. The van der Waals surface area contributed by atoms with E-state index >= 15 is 0 Å². The lowest BCUT2D eigenvalue weighted by Crippen LogP contribution is -2.37. The van der Waals surface area contributed by atoms with Crippen molar-refractivity contribution in [3.05, 3.63) is 80.5 Å². The minimum atomic E-state index is -0.386. The molecule has 0 N–H and O–H groups in total. The first-order valence-corrected chi connectivity index (χ1v) is 11.3. The molecule has 1 fully saturated rings. The molecule has 0 bridgehead atoms. The molecule has 10 heteroatoms. The molecule has 8 nitrogen and oxygen atoms in total. The normalized spacial score (nSPS) is 14.2. The van der Waals surface area contributed by atoms with Crippen molar-refractivity contribution < 1.29 is 23.6 Å². The molecule has 0 saturated carbocycles. The van der Waals surface area contributed by atoms with Gasteiger partial charge in [-0.1, -0.05) is 12.1 Å². The highest BCUT2D eigenvalue weighted by molar-refractivity contribution is 7.09. The summed E-state index contributed by atoms with van der Waals surface area (Å²) < 4.78 is 24.0. The van der Waals surface area contributed by atoms with Gasteiger partial charge in [-0.05, 0) is 43.2 Å². The Morgan fingerprint density at radius 2 is 1.88 bits per heavy atom. The summed E-state index contributed by atoms with van der Waals surface area (Å²) in [5.41, 5.74) is 1.29. The summed E-state index contributed by atoms with van der Waals surface area (Å²) in [7, 11) is 0. The molecule has 0 spiro atoms. The number of nitro groups is 1. The number of benzene rings is 2. The lowest BCUT2D eigenvalue weighted by atomic mass is 9.96. The number of thiazole rings is 1. The van der Waals surface area contributed by atoms with Crippen molar-refractivity contribution in [1.29, 1.82) is 0 Å². The molecule has 33 heavy (non-hydrogen) atoms. The van der Waals surface area contributed by atoms with E-state index in [1.165, 1.54) is 29.5 Å².